The molecule has 1 aromatic rings. The largest absolute Gasteiger partial charge is 0.397 e. The van der Waals surface area contributed by atoms with Gasteiger partial charge in [0, 0.05) is 0 Å². The number of carbonyl (C=O) groups excluding carboxylic acids is 1. The number of nitrogens with zero attached hydrogens (tertiary/aromatic N) is 4. The second kappa shape index (κ2) is 2.61. The fourth-order valence-electron chi connectivity index (χ4n) is 0.417. The number of rotatable bonds is 2. The van der Waals surface area contributed by atoms with Crippen molar-refractivity contribution in [1.82, 2.24) is 20.4 Å². The Labute approximate surface area is 60.7 Å². The van der Waals surface area contributed by atoms with E-state index in [1.54, 1.807) is 0 Å². The summed E-state index contributed by atoms with van der Waals surface area (Å²) < 4.78 is 0. The van der Waals surface area contributed by atoms with Gasteiger partial charge < -0.3 is 4.84 Å². The maximum Gasteiger partial charge on any atom is 0.295 e. The maximum atomic E-state index is 10.4. The Morgan fingerprint density at radius 1 is 1.80 bits per heavy atom. The minimum atomic E-state index is -0.758. The highest BCUT2D eigenvalue weighted by atomic mass is 35.5. The molecule has 1 aromatic heterocycles. The number of tetrazole rings is 1. The second-order valence-corrected chi connectivity index (χ2v) is 1.67. The molecule has 10 heavy (non-hydrogen) atoms. The predicted octanol–water partition coefficient (Wildman–Crippen LogP) is -0.890. The first-order valence-electron chi connectivity index (χ1n) is 2.28. The predicted molar refractivity (Wildman–Crippen MR) is 30.5 cm³/mol. The number of halogens is 1. The molecule has 0 saturated carbocycles. The smallest absolute Gasteiger partial charge is 0.295 e. The Bertz CT molecular complexity index is 246. The van der Waals surface area contributed by atoms with Crippen LogP contribution in [0.15, 0.2) is 0 Å². The fraction of sp³-hybridized carbons (Fsp3) is 0.333. The van der Waals surface area contributed by atoms with Gasteiger partial charge in [-0.25, -0.2) is 0 Å². The Morgan fingerprint density at radius 2 is 2.50 bits per heavy atom. The summed E-state index contributed by atoms with van der Waals surface area (Å²) in [5.41, 5.74) is 0. The van der Waals surface area contributed by atoms with Gasteiger partial charge in [0.2, 0.25) is 0 Å². The highest BCUT2D eigenvalue weighted by Gasteiger charge is 2.12. The molecule has 1 heterocycles. The van der Waals surface area contributed by atoms with Gasteiger partial charge in [0.25, 0.3) is 11.1 Å². The average Bonchev–Trinajstić information content (AvgIpc) is 2.33. The number of aromatic nitrogens is 4. The summed E-state index contributed by atoms with van der Waals surface area (Å²) in [6.07, 6.45) is 0. The van der Waals surface area contributed by atoms with E-state index < -0.39 is 5.24 Å². The third kappa shape index (κ3) is 1.06. The molecule has 0 radical (unpaired) electrons. The van der Waals surface area contributed by atoms with Crippen LogP contribution in [0.4, 0.5) is 0 Å². The third-order valence-electron chi connectivity index (χ3n) is 0.791. The molecular formula is C3H3ClN4O2. The third-order valence-corrected chi connectivity index (χ3v) is 0.960. The van der Waals surface area contributed by atoms with E-state index >= 15 is 0 Å². The zero-order valence-corrected chi connectivity index (χ0v) is 5.74. The van der Waals surface area contributed by atoms with Gasteiger partial charge in [-0.1, -0.05) is 9.94 Å². The Balaban J connectivity index is 3.01. The molecule has 0 aliphatic carbocycles. The van der Waals surface area contributed by atoms with Crippen LogP contribution < -0.4 is 4.84 Å². The van der Waals surface area contributed by atoms with E-state index in [-0.39, 0.29) is 5.82 Å². The van der Waals surface area contributed by atoms with Crippen molar-refractivity contribution in [3.63, 3.8) is 0 Å². The molecule has 0 aliphatic heterocycles. The van der Waals surface area contributed by atoms with Crippen molar-refractivity contribution in [1.29, 1.82) is 0 Å². The first kappa shape index (κ1) is 6.94. The molecule has 0 bridgehead atoms. The summed E-state index contributed by atoms with van der Waals surface area (Å²) in [7, 11) is 1.32. The van der Waals surface area contributed by atoms with Gasteiger partial charge in [-0.3, -0.25) is 4.79 Å². The first-order valence-corrected chi connectivity index (χ1v) is 2.66. The Hall–Kier alpha value is -1.17. The summed E-state index contributed by atoms with van der Waals surface area (Å²) >= 11 is 5.05. The van der Waals surface area contributed by atoms with Crippen LogP contribution >= 0.6 is 11.6 Å². The summed E-state index contributed by atoms with van der Waals surface area (Å²) in [6, 6.07) is 0. The van der Waals surface area contributed by atoms with E-state index in [2.05, 4.69) is 20.4 Å². The molecular weight excluding hydrogens is 160 g/mol. The Morgan fingerprint density at radius 3 is 2.90 bits per heavy atom. The SMILES string of the molecule is COn1nnnc1C(=O)Cl. The van der Waals surface area contributed by atoms with Gasteiger partial charge in [0.1, 0.15) is 7.11 Å². The van der Waals surface area contributed by atoms with Gasteiger partial charge in [-0.15, -0.1) is 0 Å². The highest BCUT2D eigenvalue weighted by molar-refractivity contribution is 6.67. The van der Waals surface area contributed by atoms with Gasteiger partial charge in [0.15, 0.2) is 0 Å². The van der Waals surface area contributed by atoms with Crippen LogP contribution in [-0.4, -0.2) is 32.7 Å². The van der Waals surface area contributed by atoms with Crippen LogP contribution in [0.25, 0.3) is 0 Å². The van der Waals surface area contributed by atoms with Crippen LogP contribution in [-0.2, 0) is 0 Å². The molecule has 0 aromatic carbocycles. The van der Waals surface area contributed by atoms with Gasteiger partial charge in [0.05, 0.1) is 0 Å². The lowest BCUT2D eigenvalue weighted by atomic mass is 10.7. The molecule has 0 saturated heterocycles. The van der Waals surface area contributed by atoms with E-state index in [1.807, 2.05) is 0 Å². The van der Waals surface area contributed by atoms with Crippen LogP contribution in [0.1, 0.15) is 10.6 Å². The Kier molecular flexibility index (Phi) is 1.81. The summed E-state index contributed by atoms with van der Waals surface area (Å²) in [5.74, 6) is -0.135. The summed E-state index contributed by atoms with van der Waals surface area (Å²) in [4.78, 5) is 15.8. The molecule has 6 nitrogen and oxygen atoms in total. The lowest BCUT2D eigenvalue weighted by Gasteiger charge is -1.94. The normalized spacial score (nSPS) is 9.40. The van der Waals surface area contributed by atoms with E-state index in [0.717, 1.165) is 4.85 Å². The van der Waals surface area contributed by atoms with Crippen molar-refractivity contribution in [3.05, 3.63) is 5.82 Å². The molecule has 7 heteroatoms. The van der Waals surface area contributed by atoms with Crippen LogP contribution in [0.2, 0.25) is 0 Å². The maximum absolute atomic E-state index is 10.4. The summed E-state index contributed by atoms with van der Waals surface area (Å²) in [5, 5.41) is 8.96. The highest BCUT2D eigenvalue weighted by Crippen LogP contribution is 1.93. The zero-order chi connectivity index (χ0) is 7.56. The van der Waals surface area contributed by atoms with E-state index in [9.17, 15) is 4.79 Å². The molecule has 0 fully saturated rings. The number of carbonyl (C=O) groups is 1. The van der Waals surface area contributed by atoms with Crippen molar-refractivity contribution >= 4 is 16.8 Å². The molecule has 1 rings (SSSR count). The van der Waals surface area contributed by atoms with Crippen LogP contribution in [0.5, 0.6) is 0 Å². The fourth-order valence-corrected chi connectivity index (χ4v) is 0.527. The van der Waals surface area contributed by atoms with Crippen molar-refractivity contribution < 1.29 is 9.63 Å². The van der Waals surface area contributed by atoms with E-state index in [4.69, 9.17) is 11.6 Å². The average molecular weight is 163 g/mol. The van der Waals surface area contributed by atoms with E-state index in [1.165, 1.54) is 7.11 Å². The molecule has 0 atom stereocenters. The second-order valence-electron chi connectivity index (χ2n) is 1.33. The minimum absolute atomic E-state index is 0.135. The molecule has 0 aliphatic rings. The van der Waals surface area contributed by atoms with Crippen molar-refractivity contribution in [2.75, 3.05) is 7.11 Å². The van der Waals surface area contributed by atoms with Crippen molar-refractivity contribution in [2.24, 2.45) is 0 Å². The monoisotopic (exact) mass is 162 g/mol. The number of hydrogen-bond donors (Lipinski definition) is 0. The van der Waals surface area contributed by atoms with Crippen molar-refractivity contribution in [2.45, 2.75) is 0 Å². The van der Waals surface area contributed by atoms with Gasteiger partial charge >= 0.3 is 0 Å². The van der Waals surface area contributed by atoms with E-state index in [0.29, 0.717) is 0 Å². The van der Waals surface area contributed by atoms with Crippen LogP contribution in [0, 0.1) is 0 Å². The molecule has 0 unspecified atom stereocenters. The summed E-state index contributed by atoms with van der Waals surface area (Å²) in [6.45, 7) is 0. The molecule has 54 valence electrons. The number of hydrogen-bond acceptors (Lipinski definition) is 5. The van der Waals surface area contributed by atoms with Gasteiger partial charge in [-0.05, 0) is 22.0 Å². The lowest BCUT2D eigenvalue weighted by Crippen LogP contribution is -2.13. The standard InChI is InChI=1S/C3H3ClN4O2/c1-10-8-3(2(4)9)5-6-7-8/h1H3. The topological polar surface area (TPSA) is 69.9 Å². The zero-order valence-electron chi connectivity index (χ0n) is 4.98. The quantitative estimate of drug-likeness (QED) is 0.528. The van der Waals surface area contributed by atoms with Crippen LogP contribution in [0.3, 0.4) is 0 Å². The first-order chi connectivity index (χ1) is 4.75. The van der Waals surface area contributed by atoms with Crippen molar-refractivity contribution in [3.8, 4) is 0 Å². The molecule has 0 spiro atoms. The lowest BCUT2D eigenvalue weighted by molar-refractivity contribution is 0.0952. The molecule has 0 N–H and O–H groups in total. The molecule has 0 amide bonds. The minimum Gasteiger partial charge on any atom is -0.397 e. The van der Waals surface area contributed by atoms with Gasteiger partial charge in [-0.2, -0.15) is 0 Å².